The third-order valence-electron chi connectivity index (χ3n) is 3.41. The molecule has 0 aliphatic carbocycles. The predicted molar refractivity (Wildman–Crippen MR) is 88.3 cm³/mol. The molecular formula is C19H15F3O3. The average molecular weight is 348 g/mol. The fraction of sp³-hybridized carbons (Fsp3) is 0.105. The van der Waals surface area contributed by atoms with Crippen molar-refractivity contribution in [1.82, 2.24) is 0 Å². The first kappa shape index (κ1) is 18.3. The summed E-state index contributed by atoms with van der Waals surface area (Å²) in [6, 6.07) is 11.6. The molecule has 0 aliphatic rings. The van der Waals surface area contributed by atoms with Gasteiger partial charge in [0.25, 0.3) is 0 Å². The van der Waals surface area contributed by atoms with Gasteiger partial charge in [0.1, 0.15) is 5.75 Å². The SMILES string of the molecule is COc1cccc(C(=CC=CC(=O)O)c2ccc(C(F)(F)F)cc2)c1. The highest BCUT2D eigenvalue weighted by Gasteiger charge is 2.30. The van der Waals surface area contributed by atoms with Crippen molar-refractivity contribution in [3.05, 3.63) is 83.4 Å². The van der Waals surface area contributed by atoms with Crippen molar-refractivity contribution < 1.29 is 27.8 Å². The number of hydrogen-bond acceptors (Lipinski definition) is 2. The van der Waals surface area contributed by atoms with Gasteiger partial charge in [-0.25, -0.2) is 4.79 Å². The van der Waals surface area contributed by atoms with Crippen LogP contribution in [0.4, 0.5) is 13.2 Å². The van der Waals surface area contributed by atoms with Gasteiger partial charge in [0.05, 0.1) is 12.7 Å². The van der Waals surface area contributed by atoms with E-state index in [4.69, 9.17) is 9.84 Å². The molecular weight excluding hydrogens is 333 g/mol. The smallest absolute Gasteiger partial charge is 0.416 e. The highest BCUT2D eigenvalue weighted by atomic mass is 19.4. The van der Waals surface area contributed by atoms with Crippen LogP contribution < -0.4 is 4.74 Å². The third kappa shape index (κ3) is 4.97. The summed E-state index contributed by atoms with van der Waals surface area (Å²) in [6.45, 7) is 0. The molecule has 1 N–H and O–H groups in total. The predicted octanol–water partition coefficient (Wildman–Crippen LogP) is 4.79. The summed E-state index contributed by atoms with van der Waals surface area (Å²) < 4.78 is 43.3. The van der Waals surface area contributed by atoms with Crippen molar-refractivity contribution in [1.29, 1.82) is 0 Å². The zero-order valence-corrected chi connectivity index (χ0v) is 13.2. The van der Waals surface area contributed by atoms with E-state index in [0.29, 0.717) is 22.4 Å². The molecule has 0 saturated heterocycles. The number of carbonyl (C=O) groups is 1. The summed E-state index contributed by atoms with van der Waals surface area (Å²) in [5, 5.41) is 8.71. The molecule has 0 heterocycles. The number of benzene rings is 2. The molecule has 6 heteroatoms. The molecule has 0 spiro atoms. The minimum absolute atomic E-state index is 0.524. The van der Waals surface area contributed by atoms with E-state index in [1.165, 1.54) is 31.4 Å². The highest BCUT2D eigenvalue weighted by Crippen LogP contribution is 2.32. The molecule has 0 aliphatic heterocycles. The number of aliphatic carboxylic acids is 1. The van der Waals surface area contributed by atoms with Gasteiger partial charge in [-0.1, -0.05) is 36.4 Å². The maximum Gasteiger partial charge on any atom is 0.416 e. The summed E-state index contributed by atoms with van der Waals surface area (Å²) in [5.41, 5.74) is 1.04. The Labute approximate surface area is 142 Å². The number of carboxylic acid groups (broad SMARTS) is 1. The van der Waals surface area contributed by atoms with Gasteiger partial charge in [0.15, 0.2) is 0 Å². The lowest BCUT2D eigenvalue weighted by Gasteiger charge is -2.11. The van der Waals surface area contributed by atoms with Gasteiger partial charge < -0.3 is 9.84 Å². The van der Waals surface area contributed by atoms with E-state index >= 15 is 0 Å². The van der Waals surface area contributed by atoms with Crippen LogP contribution in [0.3, 0.4) is 0 Å². The quantitative estimate of drug-likeness (QED) is 0.624. The van der Waals surface area contributed by atoms with Crippen LogP contribution in [-0.4, -0.2) is 18.2 Å². The Kier molecular flexibility index (Phi) is 5.64. The van der Waals surface area contributed by atoms with E-state index in [1.54, 1.807) is 24.3 Å². The van der Waals surface area contributed by atoms with Gasteiger partial charge in [-0.3, -0.25) is 0 Å². The second-order valence-electron chi connectivity index (χ2n) is 5.08. The number of alkyl halides is 3. The fourth-order valence-corrected chi connectivity index (χ4v) is 2.22. The lowest BCUT2D eigenvalue weighted by Crippen LogP contribution is -2.04. The first-order valence-corrected chi connectivity index (χ1v) is 7.24. The maximum atomic E-state index is 12.7. The Hall–Kier alpha value is -3.02. The Bertz CT molecular complexity index is 803. The van der Waals surface area contributed by atoms with Crippen molar-refractivity contribution in [3.63, 3.8) is 0 Å². The first-order chi connectivity index (χ1) is 11.8. The molecule has 0 bridgehead atoms. The van der Waals surface area contributed by atoms with Gasteiger partial charge >= 0.3 is 12.1 Å². The number of methoxy groups -OCH3 is 1. The zero-order chi connectivity index (χ0) is 18.4. The first-order valence-electron chi connectivity index (χ1n) is 7.24. The Balaban J connectivity index is 2.49. The van der Waals surface area contributed by atoms with Crippen LogP contribution in [0.15, 0.2) is 66.8 Å². The summed E-state index contributed by atoms with van der Waals surface area (Å²) in [4.78, 5) is 10.6. The van der Waals surface area contributed by atoms with Crippen molar-refractivity contribution in [3.8, 4) is 5.75 Å². The van der Waals surface area contributed by atoms with Gasteiger partial charge in [-0.05, 0) is 41.0 Å². The largest absolute Gasteiger partial charge is 0.497 e. The molecule has 2 rings (SSSR count). The second kappa shape index (κ2) is 7.70. The van der Waals surface area contributed by atoms with E-state index in [2.05, 4.69) is 0 Å². The standard InChI is InChI=1S/C19H15F3O3/c1-25-16-5-2-4-14(12-16)17(6-3-7-18(23)24)13-8-10-15(11-9-13)19(20,21)22/h2-12H,1H3,(H,23,24). The number of allylic oxidation sites excluding steroid dienone is 2. The number of carboxylic acids is 1. The number of ether oxygens (including phenoxy) is 1. The molecule has 2 aromatic carbocycles. The van der Waals surface area contributed by atoms with Crippen molar-refractivity contribution in [2.24, 2.45) is 0 Å². The normalized spacial score (nSPS) is 12.4. The summed E-state index contributed by atoms with van der Waals surface area (Å²) >= 11 is 0. The van der Waals surface area contributed by atoms with Gasteiger partial charge in [0, 0.05) is 6.08 Å². The summed E-state index contributed by atoms with van der Waals surface area (Å²) in [6.07, 6.45) is -0.605. The molecule has 2 aromatic rings. The van der Waals surface area contributed by atoms with E-state index < -0.39 is 17.7 Å². The highest BCUT2D eigenvalue weighted by molar-refractivity contribution is 5.84. The molecule has 3 nitrogen and oxygen atoms in total. The molecule has 0 fully saturated rings. The summed E-state index contributed by atoms with van der Waals surface area (Å²) in [5.74, 6) is -0.536. The van der Waals surface area contributed by atoms with Gasteiger partial charge in [-0.15, -0.1) is 0 Å². The van der Waals surface area contributed by atoms with Crippen LogP contribution in [-0.2, 0) is 11.0 Å². The zero-order valence-electron chi connectivity index (χ0n) is 13.2. The Morgan fingerprint density at radius 1 is 1.08 bits per heavy atom. The van der Waals surface area contributed by atoms with Crippen molar-refractivity contribution in [2.75, 3.05) is 7.11 Å². The van der Waals surface area contributed by atoms with Crippen LogP contribution in [0.25, 0.3) is 5.57 Å². The topological polar surface area (TPSA) is 46.5 Å². The Morgan fingerprint density at radius 3 is 2.32 bits per heavy atom. The van der Waals surface area contributed by atoms with Crippen LogP contribution >= 0.6 is 0 Å². The van der Waals surface area contributed by atoms with Crippen LogP contribution in [0, 0.1) is 0 Å². The molecule has 0 atom stereocenters. The van der Waals surface area contributed by atoms with Gasteiger partial charge in [-0.2, -0.15) is 13.2 Å². The van der Waals surface area contributed by atoms with Crippen molar-refractivity contribution in [2.45, 2.75) is 6.18 Å². The summed E-state index contributed by atoms with van der Waals surface area (Å²) in [7, 11) is 1.50. The molecule has 0 saturated carbocycles. The number of rotatable bonds is 5. The average Bonchev–Trinajstić information content (AvgIpc) is 2.58. The molecule has 0 unspecified atom stereocenters. The lowest BCUT2D eigenvalue weighted by atomic mass is 9.96. The third-order valence-corrected chi connectivity index (χ3v) is 3.41. The minimum Gasteiger partial charge on any atom is -0.497 e. The fourth-order valence-electron chi connectivity index (χ4n) is 2.22. The molecule has 0 amide bonds. The van der Waals surface area contributed by atoms with Crippen LogP contribution in [0.2, 0.25) is 0 Å². The Morgan fingerprint density at radius 2 is 1.76 bits per heavy atom. The molecule has 25 heavy (non-hydrogen) atoms. The van der Waals surface area contributed by atoms with Crippen molar-refractivity contribution >= 4 is 11.5 Å². The lowest BCUT2D eigenvalue weighted by molar-refractivity contribution is -0.137. The van der Waals surface area contributed by atoms with E-state index in [9.17, 15) is 18.0 Å². The van der Waals surface area contributed by atoms with Crippen LogP contribution in [0.1, 0.15) is 16.7 Å². The molecule has 0 radical (unpaired) electrons. The number of halogens is 3. The van der Waals surface area contributed by atoms with Gasteiger partial charge in [0.2, 0.25) is 0 Å². The van der Waals surface area contributed by atoms with E-state index in [0.717, 1.165) is 18.2 Å². The van der Waals surface area contributed by atoms with E-state index in [1.807, 2.05) is 0 Å². The monoisotopic (exact) mass is 348 g/mol. The minimum atomic E-state index is -4.42. The second-order valence-corrected chi connectivity index (χ2v) is 5.08. The van der Waals surface area contributed by atoms with Crippen LogP contribution in [0.5, 0.6) is 5.75 Å². The van der Waals surface area contributed by atoms with E-state index in [-0.39, 0.29) is 0 Å². The molecule has 0 aromatic heterocycles. The number of hydrogen-bond donors (Lipinski definition) is 1. The molecule has 130 valence electrons. The maximum absolute atomic E-state index is 12.7.